The Labute approximate surface area is 184 Å². The predicted molar refractivity (Wildman–Crippen MR) is 105 cm³/mol. The van der Waals surface area contributed by atoms with Gasteiger partial charge in [-0.05, 0) is 36.6 Å². The molecule has 4 rings (SSSR count). The topological polar surface area (TPSA) is 118 Å². The minimum Gasteiger partial charge on any atom is -0.480 e. The number of alkyl halides is 2. The minimum atomic E-state index is -2.94. The molecule has 1 aliphatic heterocycles. The maximum atomic E-state index is 13.4. The molecular weight excluding hydrogens is 455 g/mol. The monoisotopic (exact) mass is 471 g/mol. The summed E-state index contributed by atoms with van der Waals surface area (Å²) >= 11 is 6.20. The summed E-state index contributed by atoms with van der Waals surface area (Å²) in [6, 6.07) is 5.14. The van der Waals surface area contributed by atoms with Gasteiger partial charge in [-0.25, -0.2) is 28.5 Å². The van der Waals surface area contributed by atoms with Crippen molar-refractivity contribution in [2.45, 2.75) is 37.5 Å². The summed E-state index contributed by atoms with van der Waals surface area (Å²) in [6.45, 7) is -1.24. The number of carboxylic acids is 1. The van der Waals surface area contributed by atoms with E-state index >= 15 is 0 Å². The van der Waals surface area contributed by atoms with Crippen molar-refractivity contribution in [2.75, 3.05) is 6.54 Å². The van der Waals surface area contributed by atoms with Gasteiger partial charge in [-0.15, -0.1) is 0 Å². The van der Waals surface area contributed by atoms with E-state index in [1.165, 1.54) is 12.1 Å². The van der Waals surface area contributed by atoms with Crippen LogP contribution in [0, 0.1) is 5.82 Å². The molecule has 1 unspecified atom stereocenters. The number of hydrogen-bond donors (Lipinski definition) is 3. The van der Waals surface area contributed by atoms with E-state index in [0.29, 0.717) is 24.2 Å². The molecule has 0 radical (unpaired) electrons. The third-order valence-corrected chi connectivity index (χ3v) is 5.51. The Hall–Kier alpha value is -3.12. The van der Waals surface area contributed by atoms with Crippen LogP contribution in [0.5, 0.6) is 0 Å². The fraction of sp³-hybridized carbons (Fsp3) is 0.368. The normalized spacial score (nSPS) is 18.9. The van der Waals surface area contributed by atoms with Gasteiger partial charge in [-0.2, -0.15) is 5.10 Å². The molecule has 9 nitrogen and oxygen atoms in total. The Morgan fingerprint density at radius 3 is 2.75 bits per heavy atom. The Morgan fingerprint density at radius 1 is 1.38 bits per heavy atom. The quantitative estimate of drug-likeness (QED) is 0.544. The number of aliphatic imine (C=N–C) groups is 1. The summed E-state index contributed by atoms with van der Waals surface area (Å²) < 4.78 is 41.1. The van der Waals surface area contributed by atoms with Crippen LogP contribution in [0.25, 0.3) is 0 Å². The van der Waals surface area contributed by atoms with Crippen LogP contribution >= 0.6 is 11.6 Å². The number of halogens is 4. The van der Waals surface area contributed by atoms with E-state index in [1.807, 2.05) is 0 Å². The number of hydrogen-bond acceptors (Lipinski definition) is 6. The maximum absolute atomic E-state index is 13.4. The van der Waals surface area contributed by atoms with Gasteiger partial charge in [0.25, 0.3) is 6.43 Å². The number of aromatic nitrogens is 2. The lowest BCUT2D eigenvalue weighted by Gasteiger charge is -2.16. The van der Waals surface area contributed by atoms with Gasteiger partial charge >= 0.3 is 5.97 Å². The third-order valence-electron chi connectivity index (χ3n) is 5.20. The number of nitrogens with zero attached hydrogens (tertiary/aromatic N) is 3. The number of rotatable bonds is 8. The fourth-order valence-electron chi connectivity index (χ4n) is 3.51. The van der Waals surface area contributed by atoms with Crippen LogP contribution in [-0.2, 0) is 26.4 Å². The van der Waals surface area contributed by atoms with Gasteiger partial charge in [-0.1, -0.05) is 17.7 Å². The molecule has 3 N–H and O–H groups in total. The molecule has 170 valence electrons. The van der Waals surface area contributed by atoms with Crippen LogP contribution in [0.1, 0.15) is 42.4 Å². The molecule has 1 fully saturated rings. The van der Waals surface area contributed by atoms with Crippen molar-refractivity contribution in [2.24, 2.45) is 4.99 Å². The van der Waals surface area contributed by atoms with Crippen LogP contribution in [0.4, 0.5) is 13.2 Å². The van der Waals surface area contributed by atoms with Crippen molar-refractivity contribution in [3.8, 4) is 0 Å². The number of aliphatic carboxylic acids is 1. The second-order valence-electron chi connectivity index (χ2n) is 7.38. The second-order valence-corrected chi connectivity index (χ2v) is 7.79. The number of carbonyl (C=O) groups excluding carboxylic acids is 1. The molecule has 0 spiro atoms. The van der Waals surface area contributed by atoms with Crippen LogP contribution < -0.4 is 10.8 Å². The average molecular weight is 472 g/mol. The highest BCUT2D eigenvalue weighted by Crippen LogP contribution is 2.52. The third kappa shape index (κ3) is 4.28. The summed E-state index contributed by atoms with van der Waals surface area (Å²) in [6.07, 6.45) is -2.63. The first-order valence-corrected chi connectivity index (χ1v) is 9.87. The van der Waals surface area contributed by atoms with Crippen molar-refractivity contribution in [3.05, 3.63) is 52.1 Å². The van der Waals surface area contributed by atoms with E-state index in [1.54, 1.807) is 6.07 Å². The van der Waals surface area contributed by atoms with Gasteiger partial charge in [-0.3, -0.25) is 14.3 Å². The zero-order valence-electron chi connectivity index (χ0n) is 16.3. The zero-order chi connectivity index (χ0) is 23.0. The molecule has 32 heavy (non-hydrogen) atoms. The Bertz CT molecular complexity index is 1100. The highest BCUT2D eigenvalue weighted by atomic mass is 35.5. The first kappa shape index (κ1) is 22.1. The van der Waals surface area contributed by atoms with Crippen LogP contribution in [0.15, 0.2) is 29.3 Å². The molecule has 1 aliphatic carbocycles. The summed E-state index contributed by atoms with van der Waals surface area (Å²) in [7, 11) is 0. The van der Waals surface area contributed by atoms with Gasteiger partial charge in [0.15, 0.2) is 0 Å². The van der Waals surface area contributed by atoms with Crippen molar-refractivity contribution < 1.29 is 32.7 Å². The number of benzene rings is 1. The van der Waals surface area contributed by atoms with Crippen molar-refractivity contribution in [1.82, 2.24) is 20.6 Å². The van der Waals surface area contributed by atoms with Crippen LogP contribution in [0.2, 0.25) is 5.02 Å². The molecule has 2 aromatic rings. The molecule has 2 aliphatic rings. The molecular formula is C19H17ClF3N5O4. The van der Waals surface area contributed by atoms with Crippen LogP contribution in [0.3, 0.4) is 0 Å². The summed E-state index contributed by atoms with van der Waals surface area (Å²) in [4.78, 5) is 32.2. The summed E-state index contributed by atoms with van der Waals surface area (Å²) in [5.41, 5.74) is 2.27. The molecule has 1 amide bonds. The Kier molecular flexibility index (Phi) is 5.82. The molecule has 1 aromatic heterocycles. The van der Waals surface area contributed by atoms with E-state index in [2.05, 4.69) is 20.9 Å². The van der Waals surface area contributed by atoms with E-state index in [4.69, 9.17) is 21.5 Å². The number of hydroxylamine groups is 1. The van der Waals surface area contributed by atoms with Gasteiger partial charge in [0.1, 0.15) is 36.1 Å². The first-order valence-electron chi connectivity index (χ1n) is 9.49. The summed E-state index contributed by atoms with van der Waals surface area (Å²) in [5.74, 6) is -2.11. The van der Waals surface area contributed by atoms with Gasteiger partial charge < -0.3 is 10.4 Å². The zero-order valence-corrected chi connectivity index (χ0v) is 17.1. The Morgan fingerprint density at radius 2 is 2.12 bits per heavy atom. The highest BCUT2D eigenvalue weighted by molar-refractivity contribution is 6.32. The van der Waals surface area contributed by atoms with E-state index in [0.717, 1.165) is 10.7 Å². The summed E-state index contributed by atoms with van der Waals surface area (Å²) in [5, 5.41) is 14.9. The SMILES string of the molecule is O=C(O)CNC(=O)Cn1nc(C2N=C(C3(c4ccc(F)cc4Cl)CC3)NO2)cc1C(F)F. The maximum Gasteiger partial charge on any atom is 0.322 e. The number of carboxylic acid groups (broad SMARTS) is 1. The van der Waals surface area contributed by atoms with Crippen molar-refractivity contribution in [1.29, 1.82) is 0 Å². The first-order chi connectivity index (χ1) is 15.2. The van der Waals surface area contributed by atoms with Gasteiger partial charge in [0.05, 0.1) is 5.41 Å². The average Bonchev–Trinajstić information content (AvgIpc) is 3.17. The molecule has 13 heteroatoms. The number of amides is 1. The Balaban J connectivity index is 1.56. The van der Waals surface area contributed by atoms with E-state index < -0.39 is 54.5 Å². The highest BCUT2D eigenvalue weighted by Gasteiger charge is 2.52. The largest absolute Gasteiger partial charge is 0.480 e. The lowest BCUT2D eigenvalue weighted by molar-refractivity contribution is -0.138. The van der Waals surface area contributed by atoms with Gasteiger partial charge in [0.2, 0.25) is 12.1 Å². The van der Waals surface area contributed by atoms with Gasteiger partial charge in [0, 0.05) is 5.02 Å². The lowest BCUT2D eigenvalue weighted by Crippen LogP contribution is -2.32. The smallest absolute Gasteiger partial charge is 0.322 e. The fourth-order valence-corrected chi connectivity index (χ4v) is 3.85. The van der Waals surface area contributed by atoms with Crippen LogP contribution in [-0.4, -0.2) is 39.1 Å². The minimum absolute atomic E-state index is 0.0369. The van der Waals surface area contributed by atoms with E-state index in [-0.39, 0.29) is 10.7 Å². The predicted octanol–water partition coefficient (Wildman–Crippen LogP) is 2.48. The molecule has 0 bridgehead atoms. The standard InChI is InChI=1S/C19H17ClF3N5O4/c20-11-5-9(21)1-2-10(11)19(3-4-19)18-25-17(32-27-18)12-6-13(16(22)23)28(26-12)8-14(29)24-7-15(30)31/h1-2,5-6,16-17H,3-4,7-8H2,(H,24,29)(H,25,27)(H,30,31). The van der Waals surface area contributed by atoms with Crippen molar-refractivity contribution >= 4 is 29.3 Å². The molecule has 1 atom stereocenters. The molecule has 2 heterocycles. The van der Waals surface area contributed by atoms with Crippen molar-refractivity contribution in [3.63, 3.8) is 0 Å². The lowest BCUT2D eigenvalue weighted by atomic mass is 9.94. The number of nitrogens with one attached hydrogen (secondary N) is 2. The second kappa shape index (κ2) is 8.43. The molecule has 1 aromatic carbocycles. The number of carbonyl (C=O) groups is 2. The number of amidine groups is 1. The molecule has 0 saturated heterocycles. The van der Waals surface area contributed by atoms with E-state index in [9.17, 15) is 22.8 Å². The molecule has 1 saturated carbocycles.